The number of amides is 2. The van der Waals surface area contributed by atoms with E-state index in [2.05, 4.69) is 15.2 Å². The maximum atomic E-state index is 12.1. The van der Waals surface area contributed by atoms with Gasteiger partial charge in [0.2, 0.25) is 5.91 Å². The highest BCUT2D eigenvalue weighted by atomic mass is 32.1. The van der Waals surface area contributed by atoms with Crippen LogP contribution in [0.1, 0.15) is 33.1 Å². The molecule has 3 N–H and O–H groups in total. The first-order valence-electron chi connectivity index (χ1n) is 8.35. The van der Waals surface area contributed by atoms with E-state index in [0.29, 0.717) is 4.88 Å². The van der Waals surface area contributed by atoms with Crippen molar-refractivity contribution >= 4 is 28.8 Å². The van der Waals surface area contributed by atoms with E-state index in [-0.39, 0.29) is 17.7 Å². The average molecular weight is 358 g/mol. The second-order valence-corrected chi connectivity index (χ2v) is 7.61. The molecule has 3 rings (SSSR count). The highest BCUT2D eigenvalue weighted by molar-refractivity contribution is 7.13. The number of nitrogens with zero attached hydrogens (tertiary/aromatic N) is 2. The fourth-order valence-corrected chi connectivity index (χ4v) is 3.71. The number of benzene rings is 1. The summed E-state index contributed by atoms with van der Waals surface area (Å²) < 4.78 is 0. The Hall–Kier alpha value is -2.25. The van der Waals surface area contributed by atoms with Crippen LogP contribution in [-0.2, 0) is 11.3 Å². The molecule has 0 spiro atoms. The standard InChI is InChI=1S/C18H22N4O2S/c1-12-20-9-16(25-12)18(24)21-15-6-4-13(5-7-15)10-22-8-2-3-14(11-22)17(19)23/h4-7,9,14H,2-3,8,10-11H2,1H3,(H2,19,23)(H,21,24). The first-order valence-corrected chi connectivity index (χ1v) is 9.17. The van der Waals surface area contributed by atoms with Crippen molar-refractivity contribution in [1.82, 2.24) is 9.88 Å². The summed E-state index contributed by atoms with van der Waals surface area (Å²) in [5.74, 6) is -0.394. The van der Waals surface area contributed by atoms with E-state index in [1.165, 1.54) is 11.3 Å². The lowest BCUT2D eigenvalue weighted by molar-refractivity contribution is -0.123. The molecule has 2 heterocycles. The quantitative estimate of drug-likeness (QED) is 0.859. The molecule has 1 saturated heterocycles. The minimum Gasteiger partial charge on any atom is -0.369 e. The number of anilines is 1. The number of nitrogens with one attached hydrogen (secondary N) is 1. The lowest BCUT2D eigenvalue weighted by Crippen LogP contribution is -2.40. The summed E-state index contributed by atoms with van der Waals surface area (Å²) in [4.78, 5) is 30.5. The predicted octanol–water partition coefficient (Wildman–Crippen LogP) is 2.40. The molecule has 7 heteroatoms. The van der Waals surface area contributed by atoms with E-state index < -0.39 is 0 Å². The summed E-state index contributed by atoms with van der Waals surface area (Å²) in [7, 11) is 0. The molecule has 132 valence electrons. The molecular formula is C18H22N4O2S. The molecule has 0 bridgehead atoms. The Labute approximate surface area is 151 Å². The van der Waals surface area contributed by atoms with Gasteiger partial charge >= 0.3 is 0 Å². The molecule has 2 amide bonds. The van der Waals surface area contributed by atoms with E-state index in [1.54, 1.807) is 6.20 Å². The minimum atomic E-state index is -0.207. The van der Waals surface area contributed by atoms with Gasteiger partial charge in [-0.15, -0.1) is 11.3 Å². The molecule has 1 unspecified atom stereocenters. The monoisotopic (exact) mass is 358 g/mol. The van der Waals surface area contributed by atoms with E-state index in [1.807, 2.05) is 31.2 Å². The zero-order valence-corrected chi connectivity index (χ0v) is 15.0. The van der Waals surface area contributed by atoms with Crippen LogP contribution in [0.4, 0.5) is 5.69 Å². The number of aromatic nitrogens is 1. The first-order chi connectivity index (χ1) is 12.0. The molecule has 0 aliphatic carbocycles. The fourth-order valence-electron chi connectivity index (χ4n) is 3.04. The number of hydrogen-bond acceptors (Lipinski definition) is 5. The maximum Gasteiger partial charge on any atom is 0.267 e. The van der Waals surface area contributed by atoms with E-state index in [0.717, 1.165) is 48.7 Å². The van der Waals surface area contributed by atoms with E-state index >= 15 is 0 Å². The molecule has 1 aromatic carbocycles. The van der Waals surface area contributed by atoms with Crippen LogP contribution in [-0.4, -0.2) is 34.8 Å². The third-order valence-corrected chi connectivity index (χ3v) is 5.28. The first kappa shape index (κ1) is 17.6. The number of thiazole rings is 1. The summed E-state index contributed by atoms with van der Waals surface area (Å²) in [5.41, 5.74) is 7.34. The topological polar surface area (TPSA) is 88.3 Å². The van der Waals surface area contributed by atoms with Crippen LogP contribution in [0.5, 0.6) is 0 Å². The Bertz CT molecular complexity index is 757. The van der Waals surface area contributed by atoms with Gasteiger partial charge in [0.25, 0.3) is 5.91 Å². The van der Waals surface area contributed by atoms with E-state index in [4.69, 9.17) is 5.73 Å². The van der Waals surface area contributed by atoms with Gasteiger partial charge in [0, 0.05) is 18.8 Å². The number of piperidine rings is 1. The summed E-state index contributed by atoms with van der Waals surface area (Å²) in [6, 6.07) is 7.80. The molecule has 1 aromatic heterocycles. The average Bonchev–Trinajstić information content (AvgIpc) is 3.03. The van der Waals surface area contributed by atoms with Crippen molar-refractivity contribution in [1.29, 1.82) is 0 Å². The SMILES string of the molecule is Cc1ncc(C(=O)Nc2ccc(CN3CCCC(C(N)=O)C3)cc2)s1. The Morgan fingerprint density at radius 3 is 2.76 bits per heavy atom. The second kappa shape index (κ2) is 7.76. The number of hydrogen-bond donors (Lipinski definition) is 2. The molecule has 6 nitrogen and oxygen atoms in total. The van der Waals surface area contributed by atoms with Gasteiger partial charge in [-0.3, -0.25) is 14.5 Å². The van der Waals surface area contributed by atoms with Crippen LogP contribution < -0.4 is 11.1 Å². The molecule has 0 radical (unpaired) electrons. The minimum absolute atomic E-state index is 0.0461. The lowest BCUT2D eigenvalue weighted by atomic mass is 9.97. The third kappa shape index (κ3) is 4.64. The molecule has 0 saturated carbocycles. The van der Waals surface area contributed by atoms with Crippen molar-refractivity contribution in [3.8, 4) is 0 Å². The molecule has 25 heavy (non-hydrogen) atoms. The summed E-state index contributed by atoms with van der Waals surface area (Å²) in [6.07, 6.45) is 3.47. The second-order valence-electron chi connectivity index (χ2n) is 6.37. The number of likely N-dealkylation sites (tertiary alicyclic amines) is 1. The Morgan fingerprint density at radius 1 is 1.36 bits per heavy atom. The molecule has 1 atom stereocenters. The Kier molecular flexibility index (Phi) is 5.45. The summed E-state index contributed by atoms with van der Waals surface area (Å²) >= 11 is 1.38. The van der Waals surface area contributed by atoms with Gasteiger partial charge in [-0.1, -0.05) is 12.1 Å². The fraction of sp³-hybridized carbons (Fsp3) is 0.389. The van der Waals surface area contributed by atoms with Gasteiger partial charge in [0.15, 0.2) is 0 Å². The molecule has 1 aliphatic heterocycles. The Balaban J connectivity index is 1.57. The predicted molar refractivity (Wildman–Crippen MR) is 98.4 cm³/mol. The lowest BCUT2D eigenvalue weighted by Gasteiger charge is -2.31. The van der Waals surface area contributed by atoms with Gasteiger partial charge in [0.05, 0.1) is 17.1 Å². The summed E-state index contributed by atoms with van der Waals surface area (Å²) in [6.45, 7) is 4.36. The van der Waals surface area contributed by atoms with Gasteiger partial charge in [-0.2, -0.15) is 0 Å². The van der Waals surface area contributed by atoms with Crippen LogP contribution in [0.25, 0.3) is 0 Å². The van der Waals surface area contributed by atoms with E-state index in [9.17, 15) is 9.59 Å². The smallest absolute Gasteiger partial charge is 0.267 e. The van der Waals surface area contributed by atoms with Gasteiger partial charge in [-0.05, 0) is 44.0 Å². The molecule has 1 aliphatic rings. The highest BCUT2D eigenvalue weighted by Crippen LogP contribution is 2.20. The van der Waals surface area contributed by atoms with Crippen LogP contribution in [0.15, 0.2) is 30.5 Å². The number of aryl methyl sites for hydroxylation is 1. The zero-order valence-electron chi connectivity index (χ0n) is 14.2. The van der Waals surface area contributed by atoms with Crippen LogP contribution >= 0.6 is 11.3 Å². The number of rotatable bonds is 5. The van der Waals surface area contributed by atoms with Crippen molar-refractivity contribution in [2.24, 2.45) is 11.7 Å². The number of carbonyl (C=O) groups excluding carboxylic acids is 2. The summed E-state index contributed by atoms with van der Waals surface area (Å²) in [5, 5.41) is 3.75. The highest BCUT2D eigenvalue weighted by Gasteiger charge is 2.23. The number of nitrogens with two attached hydrogens (primary N) is 1. The van der Waals surface area contributed by atoms with Crippen molar-refractivity contribution in [3.63, 3.8) is 0 Å². The number of primary amides is 1. The van der Waals surface area contributed by atoms with Crippen molar-refractivity contribution in [2.75, 3.05) is 18.4 Å². The zero-order chi connectivity index (χ0) is 17.8. The van der Waals surface area contributed by atoms with Crippen molar-refractivity contribution in [3.05, 3.63) is 45.9 Å². The van der Waals surface area contributed by atoms with Gasteiger partial charge in [0.1, 0.15) is 4.88 Å². The third-order valence-electron chi connectivity index (χ3n) is 4.37. The molecular weight excluding hydrogens is 336 g/mol. The van der Waals surface area contributed by atoms with Crippen LogP contribution in [0.2, 0.25) is 0 Å². The normalized spacial score (nSPS) is 18.0. The van der Waals surface area contributed by atoms with Crippen molar-refractivity contribution in [2.45, 2.75) is 26.3 Å². The van der Waals surface area contributed by atoms with Crippen LogP contribution in [0, 0.1) is 12.8 Å². The van der Waals surface area contributed by atoms with Gasteiger partial charge < -0.3 is 11.1 Å². The molecule has 2 aromatic rings. The van der Waals surface area contributed by atoms with Gasteiger partial charge in [-0.25, -0.2) is 4.98 Å². The number of carbonyl (C=O) groups is 2. The molecule has 1 fully saturated rings. The maximum absolute atomic E-state index is 12.1. The largest absolute Gasteiger partial charge is 0.369 e. The van der Waals surface area contributed by atoms with Crippen LogP contribution in [0.3, 0.4) is 0 Å². The Morgan fingerprint density at radius 2 is 2.12 bits per heavy atom. The van der Waals surface area contributed by atoms with Crippen molar-refractivity contribution < 1.29 is 9.59 Å².